The highest BCUT2D eigenvalue weighted by atomic mass is 32.2. The van der Waals surface area contributed by atoms with E-state index in [1.807, 2.05) is 0 Å². The summed E-state index contributed by atoms with van der Waals surface area (Å²) in [4.78, 5) is 61.2. The average molecular weight is 418 g/mol. The van der Waals surface area contributed by atoms with E-state index in [0.29, 0.717) is 30.3 Å². The van der Waals surface area contributed by atoms with Crippen molar-refractivity contribution in [1.82, 2.24) is 4.90 Å². The van der Waals surface area contributed by atoms with Crippen molar-refractivity contribution >= 4 is 46.1 Å². The number of thioether (sulfide) groups is 1. The lowest BCUT2D eigenvalue weighted by molar-refractivity contribution is -0.146. The number of amides is 2. The summed E-state index contributed by atoms with van der Waals surface area (Å²) < 4.78 is 0. The molecule has 1 heterocycles. The maximum Gasteiger partial charge on any atom is 0.326 e. The second kappa shape index (κ2) is 9.51. The zero-order valence-electron chi connectivity index (χ0n) is 16.4. The standard InChI is InChI=1S/C20H22N2O6S/c1-11(17(25)14-6-8-15(9-7-14)21-12(2)23)18(29-13(3)24)19(26)22-10-4-5-16(22)20(27)28/h6-9,16H,4-5,10H2,1-3H3,(H,21,23)(H,27,28)/t16-/m0/s1. The Labute approximate surface area is 172 Å². The van der Waals surface area contributed by atoms with Crippen molar-refractivity contribution in [2.45, 2.75) is 39.7 Å². The Morgan fingerprint density at radius 1 is 1.07 bits per heavy atom. The Morgan fingerprint density at radius 3 is 2.21 bits per heavy atom. The fourth-order valence-corrected chi connectivity index (χ4v) is 3.79. The summed E-state index contributed by atoms with van der Waals surface area (Å²) in [6, 6.07) is 5.16. The maximum atomic E-state index is 13.0. The predicted molar refractivity (Wildman–Crippen MR) is 108 cm³/mol. The molecule has 1 atom stereocenters. The third-order valence-electron chi connectivity index (χ3n) is 4.39. The molecule has 0 unspecified atom stereocenters. The van der Waals surface area contributed by atoms with Gasteiger partial charge in [0, 0.05) is 37.2 Å². The number of nitrogens with one attached hydrogen (secondary N) is 1. The molecule has 8 nitrogen and oxygen atoms in total. The smallest absolute Gasteiger partial charge is 0.326 e. The van der Waals surface area contributed by atoms with E-state index in [1.165, 1.54) is 37.8 Å². The second-order valence-corrected chi connectivity index (χ2v) is 7.82. The fraction of sp³-hybridized carbons (Fsp3) is 0.350. The van der Waals surface area contributed by atoms with Crippen molar-refractivity contribution in [3.8, 4) is 0 Å². The Bertz CT molecular complexity index is 891. The minimum absolute atomic E-state index is 0.0680. The SMILES string of the molecule is CC(=O)Nc1ccc(C(=O)C(C)=C(SC(C)=O)C(=O)N2CCC[C@H]2C(=O)O)cc1. The number of benzene rings is 1. The first-order chi connectivity index (χ1) is 13.6. The first-order valence-corrected chi connectivity index (χ1v) is 9.79. The number of hydrogen-bond acceptors (Lipinski definition) is 6. The number of nitrogens with zero attached hydrogens (tertiary/aromatic N) is 1. The highest BCUT2D eigenvalue weighted by molar-refractivity contribution is 8.17. The van der Waals surface area contributed by atoms with Gasteiger partial charge in [0.15, 0.2) is 10.9 Å². The molecule has 0 saturated carbocycles. The van der Waals surface area contributed by atoms with Crippen molar-refractivity contribution in [1.29, 1.82) is 0 Å². The number of anilines is 1. The molecular weight excluding hydrogens is 396 g/mol. The molecule has 2 rings (SSSR count). The summed E-state index contributed by atoms with van der Waals surface area (Å²) in [6.45, 7) is 4.34. The molecule has 29 heavy (non-hydrogen) atoms. The van der Waals surface area contributed by atoms with Gasteiger partial charge in [-0.15, -0.1) is 0 Å². The Hall–Kier alpha value is -2.94. The molecule has 0 bridgehead atoms. The molecule has 1 saturated heterocycles. The second-order valence-electron chi connectivity index (χ2n) is 6.63. The van der Waals surface area contributed by atoms with Gasteiger partial charge in [-0.1, -0.05) is 0 Å². The number of carbonyl (C=O) groups is 5. The molecule has 1 aromatic carbocycles. The number of aliphatic carboxylic acids is 1. The highest BCUT2D eigenvalue weighted by Gasteiger charge is 2.36. The summed E-state index contributed by atoms with van der Waals surface area (Å²) in [5.41, 5.74) is 0.868. The van der Waals surface area contributed by atoms with Crippen LogP contribution in [0.2, 0.25) is 0 Å². The monoisotopic (exact) mass is 418 g/mol. The quantitative estimate of drug-likeness (QED) is 0.538. The number of allylic oxidation sites excluding steroid dienone is 1. The summed E-state index contributed by atoms with van der Waals surface area (Å²) >= 11 is 0.630. The van der Waals surface area contributed by atoms with Gasteiger partial charge in [-0.2, -0.15) is 0 Å². The van der Waals surface area contributed by atoms with Crippen molar-refractivity contribution in [2.75, 3.05) is 11.9 Å². The summed E-state index contributed by atoms with van der Waals surface area (Å²) in [5.74, 6) is -2.44. The van der Waals surface area contributed by atoms with Crippen molar-refractivity contribution < 1.29 is 29.1 Å². The summed E-state index contributed by atoms with van der Waals surface area (Å²) in [7, 11) is 0. The molecule has 2 amide bonds. The highest BCUT2D eigenvalue weighted by Crippen LogP contribution is 2.29. The minimum Gasteiger partial charge on any atom is -0.480 e. The molecule has 1 fully saturated rings. The normalized spacial score (nSPS) is 16.8. The molecule has 0 aromatic heterocycles. The Kier molecular flexibility index (Phi) is 7.33. The molecule has 2 N–H and O–H groups in total. The molecule has 1 aliphatic heterocycles. The van der Waals surface area contributed by atoms with Gasteiger partial charge in [-0.25, -0.2) is 4.79 Å². The van der Waals surface area contributed by atoms with Crippen molar-refractivity contribution in [3.05, 3.63) is 40.3 Å². The maximum absolute atomic E-state index is 13.0. The van der Waals surface area contributed by atoms with E-state index in [0.717, 1.165) is 0 Å². The number of rotatable bonds is 6. The van der Waals surface area contributed by atoms with E-state index in [1.54, 1.807) is 12.1 Å². The summed E-state index contributed by atoms with van der Waals surface area (Å²) in [5, 5.41) is 11.5. The van der Waals surface area contributed by atoms with E-state index in [4.69, 9.17) is 0 Å². The van der Waals surface area contributed by atoms with Crippen LogP contribution in [0.15, 0.2) is 34.7 Å². The van der Waals surface area contributed by atoms with Gasteiger partial charge in [0.1, 0.15) is 6.04 Å². The fourth-order valence-electron chi connectivity index (χ4n) is 3.05. The van der Waals surface area contributed by atoms with Gasteiger partial charge >= 0.3 is 5.97 Å². The van der Waals surface area contributed by atoms with Crippen LogP contribution in [-0.4, -0.2) is 51.3 Å². The van der Waals surface area contributed by atoms with Crippen LogP contribution >= 0.6 is 11.8 Å². The van der Waals surface area contributed by atoms with Crippen LogP contribution in [-0.2, 0) is 19.2 Å². The molecule has 0 radical (unpaired) electrons. The van der Waals surface area contributed by atoms with Crippen LogP contribution in [0.1, 0.15) is 44.0 Å². The number of ketones is 1. The number of hydrogen-bond donors (Lipinski definition) is 2. The first kappa shape index (κ1) is 22.4. The number of Topliss-reactive ketones (excluding diaryl/α,β-unsaturated/α-hetero) is 1. The largest absolute Gasteiger partial charge is 0.480 e. The molecule has 0 spiro atoms. The van der Waals surface area contributed by atoms with E-state index in [2.05, 4.69) is 5.32 Å². The molecule has 9 heteroatoms. The molecule has 1 aromatic rings. The zero-order chi connectivity index (χ0) is 21.7. The zero-order valence-corrected chi connectivity index (χ0v) is 17.2. The number of carbonyl (C=O) groups excluding carboxylic acids is 4. The van der Waals surface area contributed by atoms with Gasteiger partial charge in [-0.3, -0.25) is 19.2 Å². The van der Waals surface area contributed by atoms with Gasteiger partial charge < -0.3 is 15.3 Å². The third kappa shape index (κ3) is 5.54. The van der Waals surface area contributed by atoms with Crippen LogP contribution in [0.5, 0.6) is 0 Å². The van der Waals surface area contributed by atoms with Gasteiger partial charge in [0.25, 0.3) is 5.91 Å². The third-order valence-corrected chi connectivity index (χ3v) is 5.36. The van der Waals surface area contributed by atoms with E-state index >= 15 is 0 Å². The molecule has 1 aliphatic rings. The van der Waals surface area contributed by atoms with Gasteiger partial charge in [0.05, 0.1) is 4.91 Å². The lowest BCUT2D eigenvalue weighted by Crippen LogP contribution is -2.41. The van der Waals surface area contributed by atoms with E-state index in [9.17, 15) is 29.1 Å². The lowest BCUT2D eigenvalue weighted by Gasteiger charge is -2.23. The minimum atomic E-state index is -1.11. The van der Waals surface area contributed by atoms with Crippen LogP contribution in [0.4, 0.5) is 5.69 Å². The van der Waals surface area contributed by atoms with Crippen LogP contribution in [0.3, 0.4) is 0 Å². The van der Waals surface area contributed by atoms with Crippen molar-refractivity contribution in [2.24, 2.45) is 0 Å². The molecule has 154 valence electrons. The average Bonchev–Trinajstić information content (AvgIpc) is 3.14. The Balaban J connectivity index is 2.36. The van der Waals surface area contributed by atoms with Gasteiger partial charge in [0.2, 0.25) is 5.91 Å². The predicted octanol–water partition coefficient (Wildman–Crippen LogP) is 2.46. The number of carboxylic acid groups (broad SMARTS) is 1. The number of likely N-dealkylation sites (tertiary alicyclic amines) is 1. The topological polar surface area (TPSA) is 121 Å². The van der Waals surface area contributed by atoms with E-state index in [-0.39, 0.29) is 33.6 Å². The first-order valence-electron chi connectivity index (χ1n) is 8.97. The number of carboxylic acids is 1. The van der Waals surface area contributed by atoms with Crippen LogP contribution in [0, 0.1) is 0 Å². The van der Waals surface area contributed by atoms with E-state index < -0.39 is 23.7 Å². The molecule has 0 aliphatic carbocycles. The lowest BCUT2D eigenvalue weighted by atomic mass is 10.0. The van der Waals surface area contributed by atoms with Crippen LogP contribution in [0.25, 0.3) is 0 Å². The van der Waals surface area contributed by atoms with Crippen molar-refractivity contribution in [3.63, 3.8) is 0 Å². The van der Waals surface area contributed by atoms with Crippen LogP contribution < -0.4 is 5.32 Å². The van der Waals surface area contributed by atoms with Gasteiger partial charge in [-0.05, 0) is 55.8 Å². The summed E-state index contributed by atoms with van der Waals surface area (Å²) in [6.07, 6.45) is 0.870. The Morgan fingerprint density at radius 2 is 1.69 bits per heavy atom. The molecular formula is C20H22N2O6S.